The van der Waals surface area contributed by atoms with E-state index < -0.39 is 0 Å². The summed E-state index contributed by atoms with van der Waals surface area (Å²) in [6.07, 6.45) is 19.2. The van der Waals surface area contributed by atoms with Crippen molar-refractivity contribution in [1.82, 2.24) is 4.90 Å². The van der Waals surface area contributed by atoms with E-state index in [1.165, 1.54) is 83.7 Å². The number of hydrogen-bond donors (Lipinski definition) is 0. The Balaban J connectivity index is 1.98. The molecule has 0 N–H and O–H groups in total. The highest BCUT2D eigenvalue weighted by molar-refractivity contribution is 5.69. The number of carbonyl (C=O) groups is 1. The molecular weight excluding hydrogens is 334 g/mol. The van der Waals surface area contributed by atoms with Gasteiger partial charge >= 0.3 is 5.97 Å². The standard InChI is InChI=1S/C24H46NO2/c1-4-6-7-8-9-10-11-12-13-14-15-23(5-2)27-24(26)17-16-22-18-20-25(3)21-19-22/h22-23H,2,4-21H2,1,3H3. The first-order chi connectivity index (χ1) is 13.2. The minimum absolute atomic E-state index is 0.00495. The van der Waals surface area contributed by atoms with Gasteiger partial charge in [-0.05, 0) is 71.5 Å². The Morgan fingerprint density at radius 1 is 1.00 bits per heavy atom. The SMILES string of the molecule is [CH2]CC(CCCCCCCCCCCC)OC(=O)CCC1CCN(C)CC1. The van der Waals surface area contributed by atoms with E-state index in [2.05, 4.69) is 25.8 Å². The molecule has 1 radical (unpaired) electrons. The van der Waals surface area contributed by atoms with Crippen LogP contribution in [0, 0.1) is 12.8 Å². The van der Waals surface area contributed by atoms with Crippen LogP contribution in [-0.4, -0.2) is 37.1 Å². The summed E-state index contributed by atoms with van der Waals surface area (Å²) in [5, 5.41) is 0. The van der Waals surface area contributed by atoms with E-state index in [1.54, 1.807) is 0 Å². The monoisotopic (exact) mass is 380 g/mol. The van der Waals surface area contributed by atoms with Crippen LogP contribution in [0.25, 0.3) is 0 Å². The molecule has 1 aliphatic heterocycles. The lowest BCUT2D eigenvalue weighted by Gasteiger charge is -2.28. The van der Waals surface area contributed by atoms with Gasteiger partial charge in [0, 0.05) is 6.42 Å². The van der Waals surface area contributed by atoms with Crippen LogP contribution in [0.3, 0.4) is 0 Å². The van der Waals surface area contributed by atoms with Gasteiger partial charge in [0.15, 0.2) is 0 Å². The van der Waals surface area contributed by atoms with Crippen molar-refractivity contribution < 1.29 is 9.53 Å². The molecule has 3 heteroatoms. The summed E-state index contributed by atoms with van der Waals surface area (Å²) in [6, 6.07) is 0. The van der Waals surface area contributed by atoms with E-state index in [0.29, 0.717) is 18.8 Å². The summed E-state index contributed by atoms with van der Waals surface area (Å²) >= 11 is 0. The Morgan fingerprint density at radius 2 is 1.56 bits per heavy atom. The summed E-state index contributed by atoms with van der Waals surface area (Å²) in [5.74, 6) is 0.698. The molecule has 3 nitrogen and oxygen atoms in total. The Morgan fingerprint density at radius 3 is 2.11 bits per heavy atom. The fourth-order valence-electron chi connectivity index (χ4n) is 4.04. The molecule has 27 heavy (non-hydrogen) atoms. The van der Waals surface area contributed by atoms with Gasteiger partial charge in [0.2, 0.25) is 0 Å². The van der Waals surface area contributed by atoms with Gasteiger partial charge in [-0.15, -0.1) is 0 Å². The molecule has 1 heterocycles. The van der Waals surface area contributed by atoms with Gasteiger partial charge in [0.05, 0.1) is 0 Å². The first-order valence-electron chi connectivity index (χ1n) is 11.8. The van der Waals surface area contributed by atoms with Crippen LogP contribution in [0.2, 0.25) is 0 Å². The smallest absolute Gasteiger partial charge is 0.306 e. The van der Waals surface area contributed by atoms with Gasteiger partial charge in [-0.3, -0.25) is 4.79 Å². The van der Waals surface area contributed by atoms with Crippen molar-refractivity contribution in [2.45, 2.75) is 116 Å². The van der Waals surface area contributed by atoms with Gasteiger partial charge in [0.25, 0.3) is 0 Å². The van der Waals surface area contributed by atoms with E-state index in [-0.39, 0.29) is 12.1 Å². The minimum Gasteiger partial charge on any atom is -0.462 e. The number of ether oxygens (including phenoxy) is 1. The molecule has 1 saturated heterocycles. The number of piperidine rings is 1. The zero-order chi connectivity index (χ0) is 19.7. The summed E-state index contributed by atoms with van der Waals surface area (Å²) in [6.45, 7) is 8.58. The lowest BCUT2D eigenvalue weighted by Crippen LogP contribution is -2.30. The van der Waals surface area contributed by atoms with Crippen molar-refractivity contribution in [1.29, 1.82) is 0 Å². The highest BCUT2D eigenvalue weighted by Crippen LogP contribution is 2.22. The number of likely N-dealkylation sites (tertiary alicyclic amines) is 1. The molecule has 0 aromatic carbocycles. The Kier molecular flexibility index (Phi) is 14.9. The van der Waals surface area contributed by atoms with E-state index in [1.807, 2.05) is 0 Å². The van der Waals surface area contributed by atoms with E-state index in [0.717, 1.165) is 19.3 Å². The molecule has 0 aliphatic carbocycles. The first-order valence-corrected chi connectivity index (χ1v) is 11.8. The summed E-state index contributed by atoms with van der Waals surface area (Å²) in [7, 11) is 2.18. The number of hydrogen-bond acceptors (Lipinski definition) is 3. The number of esters is 1. The molecule has 0 spiro atoms. The molecule has 1 unspecified atom stereocenters. The van der Waals surface area contributed by atoms with Gasteiger partial charge in [-0.1, -0.05) is 64.7 Å². The second-order valence-corrected chi connectivity index (χ2v) is 8.66. The molecule has 0 amide bonds. The quantitative estimate of drug-likeness (QED) is 0.224. The van der Waals surface area contributed by atoms with Crippen LogP contribution in [-0.2, 0) is 9.53 Å². The Hall–Kier alpha value is -0.570. The fourth-order valence-corrected chi connectivity index (χ4v) is 4.04. The second kappa shape index (κ2) is 16.4. The van der Waals surface area contributed by atoms with E-state index >= 15 is 0 Å². The number of unbranched alkanes of at least 4 members (excludes halogenated alkanes) is 9. The molecule has 1 rings (SSSR count). The van der Waals surface area contributed by atoms with Crippen LogP contribution < -0.4 is 0 Å². The zero-order valence-electron chi connectivity index (χ0n) is 18.4. The molecule has 0 saturated carbocycles. The molecule has 1 fully saturated rings. The van der Waals surface area contributed by atoms with Crippen molar-refractivity contribution in [2.75, 3.05) is 20.1 Å². The van der Waals surface area contributed by atoms with E-state index in [4.69, 9.17) is 4.74 Å². The van der Waals surface area contributed by atoms with Crippen molar-refractivity contribution in [3.05, 3.63) is 6.92 Å². The third-order valence-corrected chi connectivity index (χ3v) is 6.09. The first kappa shape index (κ1) is 24.5. The third kappa shape index (κ3) is 13.3. The second-order valence-electron chi connectivity index (χ2n) is 8.66. The van der Waals surface area contributed by atoms with Crippen LogP contribution in [0.4, 0.5) is 0 Å². The summed E-state index contributed by atoms with van der Waals surface area (Å²) < 4.78 is 5.68. The number of rotatable bonds is 16. The Labute approximate surface area is 169 Å². The molecule has 0 bridgehead atoms. The number of carbonyl (C=O) groups excluding carboxylic acids is 1. The van der Waals surface area contributed by atoms with Crippen molar-refractivity contribution in [3.63, 3.8) is 0 Å². The summed E-state index contributed by atoms with van der Waals surface area (Å²) in [5.41, 5.74) is 0. The zero-order valence-corrected chi connectivity index (χ0v) is 18.4. The van der Waals surface area contributed by atoms with Crippen molar-refractivity contribution in [3.8, 4) is 0 Å². The summed E-state index contributed by atoms with van der Waals surface area (Å²) in [4.78, 5) is 14.5. The molecule has 0 aromatic rings. The minimum atomic E-state index is -0.00495. The number of nitrogens with zero attached hydrogens (tertiary/aromatic N) is 1. The van der Waals surface area contributed by atoms with Gasteiger partial charge < -0.3 is 9.64 Å². The maximum atomic E-state index is 12.1. The molecule has 0 aromatic heterocycles. The fraction of sp³-hybridized carbons (Fsp3) is 0.917. The van der Waals surface area contributed by atoms with Crippen LogP contribution >= 0.6 is 0 Å². The van der Waals surface area contributed by atoms with Gasteiger partial charge in [-0.2, -0.15) is 0 Å². The topological polar surface area (TPSA) is 29.5 Å². The predicted octanol–water partition coefficient (Wildman–Crippen LogP) is 6.56. The average Bonchev–Trinajstić information content (AvgIpc) is 2.68. The molecule has 1 atom stereocenters. The maximum Gasteiger partial charge on any atom is 0.306 e. The molecular formula is C24H46NO2. The lowest BCUT2D eigenvalue weighted by molar-refractivity contribution is -0.149. The predicted molar refractivity (Wildman–Crippen MR) is 116 cm³/mol. The van der Waals surface area contributed by atoms with Gasteiger partial charge in [0.1, 0.15) is 6.10 Å². The third-order valence-electron chi connectivity index (χ3n) is 6.09. The van der Waals surface area contributed by atoms with Crippen LogP contribution in [0.5, 0.6) is 0 Å². The maximum absolute atomic E-state index is 12.1. The van der Waals surface area contributed by atoms with Gasteiger partial charge in [-0.25, -0.2) is 0 Å². The highest BCUT2D eigenvalue weighted by Gasteiger charge is 2.19. The molecule has 1 aliphatic rings. The van der Waals surface area contributed by atoms with E-state index in [9.17, 15) is 4.79 Å². The van der Waals surface area contributed by atoms with Crippen LogP contribution in [0.15, 0.2) is 0 Å². The lowest BCUT2D eigenvalue weighted by atomic mass is 9.92. The Bertz CT molecular complexity index is 350. The largest absolute Gasteiger partial charge is 0.462 e. The van der Waals surface area contributed by atoms with Crippen LogP contribution in [0.1, 0.15) is 110 Å². The van der Waals surface area contributed by atoms with Crippen molar-refractivity contribution in [2.24, 2.45) is 5.92 Å². The normalized spacial score (nSPS) is 17.1. The molecule has 159 valence electrons. The highest BCUT2D eigenvalue weighted by atomic mass is 16.5. The average molecular weight is 381 g/mol. The van der Waals surface area contributed by atoms with Crippen molar-refractivity contribution >= 4 is 5.97 Å².